The number of nitrogens with one attached hydrogen (secondary N) is 1. The lowest BCUT2D eigenvalue weighted by Gasteiger charge is -2.32. The van der Waals surface area contributed by atoms with Gasteiger partial charge in [0, 0.05) is 19.0 Å². The van der Waals surface area contributed by atoms with Crippen LogP contribution in [0, 0.1) is 12.7 Å². The standard InChI is InChI=1S/C29H33FN2O2/c1-4-22(3)31-29(34)27(18-23-8-6-5-7-9-23)32(20-25-14-16-26(30)17-15-25)28(33)19-24-12-10-21(2)11-13-24/h5-17,22,27H,4,18-20H2,1-3H3,(H,31,34). The van der Waals surface area contributed by atoms with E-state index in [-0.39, 0.29) is 36.6 Å². The highest BCUT2D eigenvalue weighted by molar-refractivity contribution is 5.89. The maximum Gasteiger partial charge on any atom is 0.243 e. The van der Waals surface area contributed by atoms with E-state index in [2.05, 4.69) is 5.32 Å². The van der Waals surface area contributed by atoms with E-state index in [9.17, 15) is 14.0 Å². The first kappa shape index (κ1) is 25.2. The van der Waals surface area contributed by atoms with Gasteiger partial charge in [0.1, 0.15) is 11.9 Å². The molecule has 1 N–H and O–H groups in total. The molecule has 34 heavy (non-hydrogen) atoms. The van der Waals surface area contributed by atoms with Crippen molar-refractivity contribution in [3.8, 4) is 0 Å². The summed E-state index contributed by atoms with van der Waals surface area (Å²) in [5.41, 5.74) is 3.75. The van der Waals surface area contributed by atoms with Crippen LogP contribution >= 0.6 is 0 Å². The van der Waals surface area contributed by atoms with Gasteiger partial charge >= 0.3 is 0 Å². The number of benzene rings is 3. The molecule has 2 amide bonds. The Hall–Kier alpha value is -3.47. The Bertz CT molecular complexity index is 1070. The van der Waals surface area contributed by atoms with Crippen LogP contribution < -0.4 is 5.32 Å². The molecule has 2 atom stereocenters. The number of amides is 2. The molecule has 178 valence electrons. The SMILES string of the molecule is CCC(C)NC(=O)C(Cc1ccccc1)N(Cc1ccc(F)cc1)C(=O)Cc1ccc(C)cc1. The monoisotopic (exact) mass is 460 g/mol. The lowest BCUT2D eigenvalue weighted by atomic mass is 10.0. The highest BCUT2D eigenvalue weighted by Gasteiger charge is 2.31. The summed E-state index contributed by atoms with van der Waals surface area (Å²) in [5.74, 6) is -0.664. The van der Waals surface area contributed by atoms with E-state index in [1.807, 2.05) is 75.4 Å². The van der Waals surface area contributed by atoms with Crippen molar-refractivity contribution in [2.24, 2.45) is 0 Å². The van der Waals surface area contributed by atoms with Gasteiger partial charge in [-0.1, -0.05) is 79.2 Å². The molecule has 0 aromatic heterocycles. The summed E-state index contributed by atoms with van der Waals surface area (Å²) < 4.78 is 13.5. The molecule has 0 bridgehead atoms. The fraction of sp³-hybridized carbons (Fsp3) is 0.310. The number of hydrogen-bond acceptors (Lipinski definition) is 2. The highest BCUT2D eigenvalue weighted by atomic mass is 19.1. The van der Waals surface area contributed by atoms with Crippen LogP contribution in [-0.2, 0) is 29.0 Å². The third-order valence-electron chi connectivity index (χ3n) is 6.01. The quantitative estimate of drug-likeness (QED) is 0.450. The van der Waals surface area contributed by atoms with Crippen LogP contribution in [0.4, 0.5) is 4.39 Å². The number of halogens is 1. The average molecular weight is 461 g/mol. The number of carbonyl (C=O) groups excluding carboxylic acids is 2. The van der Waals surface area contributed by atoms with E-state index >= 15 is 0 Å². The maximum atomic E-state index is 13.6. The largest absolute Gasteiger partial charge is 0.352 e. The number of rotatable bonds is 10. The summed E-state index contributed by atoms with van der Waals surface area (Å²) in [6.07, 6.45) is 1.37. The van der Waals surface area contributed by atoms with Crippen LogP contribution in [0.1, 0.15) is 42.5 Å². The second kappa shape index (κ2) is 12.1. The summed E-state index contributed by atoms with van der Waals surface area (Å²) in [6, 6.07) is 22.9. The topological polar surface area (TPSA) is 49.4 Å². The molecule has 3 aromatic carbocycles. The molecule has 2 unspecified atom stereocenters. The molecule has 0 saturated carbocycles. The van der Waals surface area contributed by atoms with Crippen molar-refractivity contribution in [3.63, 3.8) is 0 Å². The summed E-state index contributed by atoms with van der Waals surface area (Å²) in [6.45, 7) is 6.18. The second-order valence-electron chi connectivity index (χ2n) is 8.83. The predicted molar refractivity (Wildman–Crippen MR) is 134 cm³/mol. The van der Waals surface area contributed by atoms with E-state index in [1.165, 1.54) is 12.1 Å². The molecular formula is C29H33FN2O2. The third-order valence-corrected chi connectivity index (χ3v) is 6.01. The van der Waals surface area contributed by atoms with Gasteiger partial charge in [-0.3, -0.25) is 9.59 Å². The molecular weight excluding hydrogens is 427 g/mol. The Morgan fingerprint density at radius 2 is 1.50 bits per heavy atom. The van der Waals surface area contributed by atoms with Crippen LogP contribution in [0.2, 0.25) is 0 Å². The van der Waals surface area contributed by atoms with Crippen molar-refractivity contribution in [1.29, 1.82) is 0 Å². The van der Waals surface area contributed by atoms with Crippen LogP contribution in [0.15, 0.2) is 78.9 Å². The Balaban J connectivity index is 1.95. The first-order chi connectivity index (χ1) is 16.4. The van der Waals surface area contributed by atoms with Crippen LogP contribution in [-0.4, -0.2) is 28.8 Å². The summed E-state index contributed by atoms with van der Waals surface area (Å²) in [4.78, 5) is 28.7. The van der Waals surface area contributed by atoms with Gasteiger partial charge in [0.15, 0.2) is 0 Å². The Morgan fingerprint density at radius 1 is 0.882 bits per heavy atom. The molecule has 0 aliphatic heterocycles. The highest BCUT2D eigenvalue weighted by Crippen LogP contribution is 2.17. The van der Waals surface area contributed by atoms with Gasteiger partial charge in [-0.25, -0.2) is 4.39 Å². The minimum absolute atomic E-state index is 0.00866. The fourth-order valence-corrected chi connectivity index (χ4v) is 3.76. The van der Waals surface area contributed by atoms with Crippen molar-refractivity contribution in [2.75, 3.05) is 0 Å². The molecule has 0 aliphatic carbocycles. The van der Waals surface area contributed by atoms with Gasteiger partial charge in [0.25, 0.3) is 0 Å². The van der Waals surface area contributed by atoms with Crippen molar-refractivity contribution in [2.45, 2.75) is 58.7 Å². The molecule has 5 heteroatoms. The van der Waals surface area contributed by atoms with Crippen molar-refractivity contribution < 1.29 is 14.0 Å². The summed E-state index contributed by atoms with van der Waals surface area (Å²) in [5, 5.41) is 3.06. The molecule has 0 spiro atoms. The summed E-state index contributed by atoms with van der Waals surface area (Å²) >= 11 is 0. The van der Waals surface area contributed by atoms with E-state index in [4.69, 9.17) is 0 Å². The lowest BCUT2D eigenvalue weighted by Crippen LogP contribution is -2.52. The molecule has 0 radical (unpaired) electrons. The van der Waals surface area contributed by atoms with Crippen LogP contribution in [0.3, 0.4) is 0 Å². The maximum absolute atomic E-state index is 13.6. The number of aryl methyl sites for hydroxylation is 1. The Labute approximate surface area is 201 Å². The Kier molecular flexibility index (Phi) is 8.97. The second-order valence-corrected chi connectivity index (χ2v) is 8.83. The van der Waals surface area contributed by atoms with E-state index in [1.54, 1.807) is 17.0 Å². The molecule has 3 aromatic rings. The van der Waals surface area contributed by atoms with Gasteiger partial charge in [-0.05, 0) is 49.1 Å². The fourth-order valence-electron chi connectivity index (χ4n) is 3.76. The van der Waals surface area contributed by atoms with Crippen molar-refractivity contribution in [1.82, 2.24) is 10.2 Å². The zero-order chi connectivity index (χ0) is 24.5. The molecule has 3 rings (SSSR count). The van der Waals surface area contributed by atoms with Crippen molar-refractivity contribution in [3.05, 3.63) is 107 Å². The zero-order valence-corrected chi connectivity index (χ0v) is 20.1. The minimum Gasteiger partial charge on any atom is -0.352 e. The first-order valence-corrected chi connectivity index (χ1v) is 11.8. The van der Waals surface area contributed by atoms with E-state index in [0.717, 1.165) is 28.7 Å². The molecule has 0 fully saturated rings. The van der Waals surface area contributed by atoms with Crippen LogP contribution in [0.5, 0.6) is 0 Å². The Morgan fingerprint density at radius 3 is 2.12 bits per heavy atom. The molecule has 4 nitrogen and oxygen atoms in total. The number of hydrogen-bond donors (Lipinski definition) is 1. The van der Waals surface area contributed by atoms with E-state index < -0.39 is 6.04 Å². The van der Waals surface area contributed by atoms with E-state index in [0.29, 0.717) is 6.42 Å². The molecule has 0 saturated heterocycles. The third kappa shape index (κ3) is 7.27. The normalized spacial score (nSPS) is 12.6. The molecule has 0 heterocycles. The predicted octanol–water partition coefficient (Wildman–Crippen LogP) is 5.23. The van der Waals surface area contributed by atoms with Gasteiger partial charge < -0.3 is 10.2 Å². The lowest BCUT2D eigenvalue weighted by molar-refractivity contribution is -0.141. The van der Waals surface area contributed by atoms with Gasteiger partial charge in [0.2, 0.25) is 11.8 Å². The van der Waals surface area contributed by atoms with Crippen molar-refractivity contribution >= 4 is 11.8 Å². The van der Waals surface area contributed by atoms with Gasteiger partial charge in [-0.2, -0.15) is 0 Å². The number of carbonyl (C=O) groups is 2. The zero-order valence-electron chi connectivity index (χ0n) is 20.1. The average Bonchev–Trinajstić information content (AvgIpc) is 2.84. The first-order valence-electron chi connectivity index (χ1n) is 11.8. The summed E-state index contributed by atoms with van der Waals surface area (Å²) in [7, 11) is 0. The smallest absolute Gasteiger partial charge is 0.243 e. The van der Waals surface area contributed by atoms with Crippen LogP contribution in [0.25, 0.3) is 0 Å². The number of nitrogens with zero attached hydrogens (tertiary/aromatic N) is 1. The molecule has 0 aliphatic rings. The van der Waals surface area contributed by atoms with Gasteiger partial charge in [-0.15, -0.1) is 0 Å². The minimum atomic E-state index is -0.695. The van der Waals surface area contributed by atoms with Gasteiger partial charge in [0.05, 0.1) is 6.42 Å².